The Morgan fingerprint density at radius 3 is 2.60 bits per heavy atom. The van der Waals surface area contributed by atoms with Gasteiger partial charge >= 0.3 is 5.97 Å². The Morgan fingerprint density at radius 2 is 1.89 bits per heavy atom. The minimum Gasteiger partial charge on any atom is -0.483 e. The van der Waals surface area contributed by atoms with Crippen LogP contribution in [0.4, 0.5) is 9.52 Å². The molecule has 9 nitrogen and oxygen atoms in total. The first-order valence-electron chi connectivity index (χ1n) is 14.2. The van der Waals surface area contributed by atoms with Crippen molar-refractivity contribution in [2.24, 2.45) is 0 Å². The molecule has 0 spiro atoms. The molecule has 3 N–H and O–H groups in total. The minimum absolute atomic E-state index is 0.118. The van der Waals surface area contributed by atoms with E-state index in [1.807, 2.05) is 37.3 Å². The number of anilines is 1. The van der Waals surface area contributed by atoms with Crippen LogP contribution in [0.2, 0.25) is 0 Å². The van der Waals surface area contributed by atoms with Crippen LogP contribution in [-0.2, 0) is 23.4 Å². The van der Waals surface area contributed by atoms with Gasteiger partial charge in [-0.05, 0) is 78.6 Å². The van der Waals surface area contributed by atoms with E-state index in [9.17, 15) is 14.7 Å². The number of nitrogens with zero attached hydrogens (tertiary/aromatic N) is 2. The van der Waals surface area contributed by atoms with Crippen LogP contribution in [0.5, 0.6) is 17.2 Å². The zero-order valence-corrected chi connectivity index (χ0v) is 25.1. The van der Waals surface area contributed by atoms with Gasteiger partial charge in [-0.25, -0.2) is 14.2 Å². The second-order valence-electron chi connectivity index (χ2n) is 10.8. The lowest BCUT2D eigenvalue weighted by atomic mass is 9.81. The molecule has 0 bridgehead atoms. The Labute approximate surface area is 262 Å². The van der Waals surface area contributed by atoms with E-state index in [2.05, 4.69) is 20.6 Å². The van der Waals surface area contributed by atoms with Crippen molar-refractivity contribution < 1.29 is 28.6 Å². The normalized spacial score (nSPS) is 15.6. The van der Waals surface area contributed by atoms with Crippen LogP contribution in [0, 0.1) is 5.82 Å². The van der Waals surface area contributed by atoms with Crippen molar-refractivity contribution in [2.45, 2.75) is 31.9 Å². The molecule has 0 radical (unpaired) electrons. The SMILES string of the molecule is C[C@]1(CC(=O)Nc2nccs2)NCCc2cc(OCc3ccccn3)c(Oc3ccc(-c4ccc(C(=O)O)cc4)c(F)c3)cc21. The molecule has 2 aromatic heterocycles. The zero-order chi connectivity index (χ0) is 31.4. The lowest BCUT2D eigenvalue weighted by Gasteiger charge is -2.37. The molecular weight excluding hydrogens is 595 g/mol. The van der Waals surface area contributed by atoms with Crippen molar-refractivity contribution >= 4 is 28.3 Å². The quantitative estimate of drug-likeness (QED) is 0.155. The summed E-state index contributed by atoms with van der Waals surface area (Å²) in [7, 11) is 0. The standard InChI is InChI=1S/C34H29FN4O5S/c1-34(19-31(40)39-33-37-14-15-45-33)27-18-30(29(16-23(27)11-13-38-34)43-20-24-4-2-3-12-36-24)44-25-9-10-26(28(35)17-25)21-5-7-22(8-6-21)32(41)42/h2-10,12,14-18,38H,11,13,19-20H2,1H3,(H,41,42)(H,37,39,40)/t34-/m1/s1. The summed E-state index contributed by atoms with van der Waals surface area (Å²) in [5, 5.41) is 17.9. The van der Waals surface area contributed by atoms with Gasteiger partial charge in [-0.3, -0.25) is 9.78 Å². The van der Waals surface area contributed by atoms with Gasteiger partial charge in [-0.15, -0.1) is 11.3 Å². The number of nitrogens with one attached hydrogen (secondary N) is 2. The van der Waals surface area contributed by atoms with Crippen LogP contribution in [0.15, 0.2) is 90.6 Å². The van der Waals surface area contributed by atoms with Gasteiger partial charge in [-0.1, -0.05) is 18.2 Å². The number of carboxylic acids is 1. The first-order valence-corrected chi connectivity index (χ1v) is 15.1. The third kappa shape index (κ3) is 6.84. The van der Waals surface area contributed by atoms with Gasteiger partial charge in [0, 0.05) is 47.9 Å². The van der Waals surface area contributed by atoms with Crippen LogP contribution in [0.1, 0.15) is 40.5 Å². The summed E-state index contributed by atoms with van der Waals surface area (Å²) < 4.78 is 27.8. The van der Waals surface area contributed by atoms with Gasteiger partial charge in [0.2, 0.25) is 5.91 Å². The van der Waals surface area contributed by atoms with Gasteiger partial charge in [0.05, 0.1) is 11.3 Å². The summed E-state index contributed by atoms with van der Waals surface area (Å²) in [6, 6.07) is 19.8. The number of carboxylic acid groups (broad SMARTS) is 1. The molecule has 1 aliphatic rings. The molecule has 6 rings (SSSR count). The second kappa shape index (κ2) is 12.8. The van der Waals surface area contributed by atoms with Crippen molar-refractivity contribution in [3.63, 3.8) is 0 Å². The second-order valence-corrected chi connectivity index (χ2v) is 11.7. The number of rotatable bonds is 10. The summed E-state index contributed by atoms with van der Waals surface area (Å²) in [5.74, 6) is -0.700. The molecule has 0 unspecified atom stereocenters. The minimum atomic E-state index is -1.05. The van der Waals surface area contributed by atoms with Gasteiger partial charge in [0.25, 0.3) is 0 Å². The molecule has 1 amide bonds. The van der Waals surface area contributed by atoms with E-state index in [0.29, 0.717) is 40.7 Å². The third-order valence-corrected chi connectivity index (χ3v) is 8.27. The van der Waals surface area contributed by atoms with Gasteiger partial charge in [0.15, 0.2) is 16.6 Å². The molecule has 0 fully saturated rings. The van der Waals surface area contributed by atoms with Crippen LogP contribution >= 0.6 is 11.3 Å². The maximum atomic E-state index is 15.4. The molecule has 1 aliphatic heterocycles. The molecule has 228 valence electrons. The number of pyridine rings is 1. The number of fused-ring (bicyclic) bond motifs is 1. The van der Waals surface area contributed by atoms with Crippen LogP contribution < -0.4 is 20.1 Å². The number of halogens is 1. The van der Waals surface area contributed by atoms with E-state index in [1.54, 1.807) is 42.0 Å². The van der Waals surface area contributed by atoms with Crippen molar-refractivity contribution in [1.29, 1.82) is 0 Å². The number of carbonyl (C=O) groups is 2. The monoisotopic (exact) mass is 624 g/mol. The van der Waals surface area contributed by atoms with E-state index in [4.69, 9.17) is 9.47 Å². The number of carbonyl (C=O) groups excluding carboxylic acids is 1. The Morgan fingerprint density at radius 1 is 1.04 bits per heavy atom. The first kappa shape index (κ1) is 29.9. The number of aromatic nitrogens is 2. The Kier molecular flexibility index (Phi) is 8.54. The van der Waals surface area contributed by atoms with Crippen LogP contribution in [0.3, 0.4) is 0 Å². The number of ether oxygens (including phenoxy) is 2. The molecule has 0 saturated heterocycles. The zero-order valence-electron chi connectivity index (χ0n) is 24.2. The highest BCUT2D eigenvalue weighted by Gasteiger charge is 2.35. The number of amides is 1. The average Bonchev–Trinajstić information content (AvgIpc) is 3.54. The lowest BCUT2D eigenvalue weighted by Crippen LogP contribution is -2.47. The van der Waals surface area contributed by atoms with Crippen LogP contribution in [0.25, 0.3) is 11.1 Å². The van der Waals surface area contributed by atoms with E-state index in [-0.39, 0.29) is 30.2 Å². The van der Waals surface area contributed by atoms with Gasteiger partial charge < -0.3 is 25.2 Å². The Bertz CT molecular complexity index is 1830. The maximum absolute atomic E-state index is 15.4. The van der Waals surface area contributed by atoms with Crippen molar-refractivity contribution in [2.75, 3.05) is 11.9 Å². The summed E-state index contributed by atoms with van der Waals surface area (Å²) in [6.07, 6.45) is 4.19. The highest BCUT2D eigenvalue weighted by molar-refractivity contribution is 7.13. The molecule has 3 heterocycles. The fourth-order valence-electron chi connectivity index (χ4n) is 5.36. The van der Waals surface area contributed by atoms with Crippen LogP contribution in [-0.4, -0.2) is 33.5 Å². The Hall–Kier alpha value is -5.13. The fraction of sp³-hybridized carbons (Fsp3) is 0.176. The number of benzene rings is 3. The molecule has 3 aromatic carbocycles. The molecule has 11 heteroatoms. The molecule has 45 heavy (non-hydrogen) atoms. The van der Waals surface area contributed by atoms with E-state index in [0.717, 1.165) is 16.8 Å². The molecule has 0 aliphatic carbocycles. The first-order chi connectivity index (χ1) is 21.8. The largest absolute Gasteiger partial charge is 0.483 e. The average molecular weight is 625 g/mol. The predicted octanol–water partition coefficient (Wildman–Crippen LogP) is 6.80. The molecule has 0 saturated carbocycles. The third-order valence-electron chi connectivity index (χ3n) is 7.58. The summed E-state index contributed by atoms with van der Waals surface area (Å²) in [4.78, 5) is 32.7. The van der Waals surface area contributed by atoms with Crippen molar-refractivity contribution in [3.8, 4) is 28.4 Å². The van der Waals surface area contributed by atoms with E-state index < -0.39 is 17.3 Å². The predicted molar refractivity (Wildman–Crippen MR) is 168 cm³/mol. The summed E-state index contributed by atoms with van der Waals surface area (Å²) in [6.45, 7) is 2.82. The smallest absolute Gasteiger partial charge is 0.335 e. The van der Waals surface area contributed by atoms with E-state index in [1.165, 1.54) is 29.5 Å². The molecular formula is C34H29FN4O5S. The summed E-state index contributed by atoms with van der Waals surface area (Å²) in [5.41, 5.74) is 2.85. The highest BCUT2D eigenvalue weighted by Crippen LogP contribution is 2.42. The highest BCUT2D eigenvalue weighted by atomic mass is 32.1. The number of aromatic carboxylic acids is 1. The van der Waals surface area contributed by atoms with E-state index >= 15 is 4.39 Å². The maximum Gasteiger partial charge on any atom is 0.335 e. The lowest BCUT2D eigenvalue weighted by molar-refractivity contribution is -0.117. The van der Waals surface area contributed by atoms with Crippen molar-refractivity contribution in [1.82, 2.24) is 15.3 Å². The topological polar surface area (TPSA) is 123 Å². The van der Waals surface area contributed by atoms with Crippen molar-refractivity contribution in [3.05, 3.63) is 119 Å². The molecule has 1 atom stereocenters. The number of hydrogen-bond donors (Lipinski definition) is 3. The van der Waals surface area contributed by atoms with Gasteiger partial charge in [-0.2, -0.15) is 0 Å². The fourth-order valence-corrected chi connectivity index (χ4v) is 5.90. The molecule has 5 aromatic rings. The van der Waals surface area contributed by atoms with Gasteiger partial charge in [0.1, 0.15) is 18.2 Å². The summed E-state index contributed by atoms with van der Waals surface area (Å²) >= 11 is 1.35. The number of thiazole rings is 1. The Balaban J connectivity index is 1.31. The number of hydrogen-bond acceptors (Lipinski definition) is 8.